The van der Waals surface area contributed by atoms with E-state index < -0.39 is 0 Å². The molecule has 1 saturated heterocycles. The third kappa shape index (κ3) is 7.03. The largest absolute Gasteiger partial charge is 0.436 e. The first-order valence-corrected chi connectivity index (χ1v) is 13.7. The van der Waals surface area contributed by atoms with Gasteiger partial charge in [-0.2, -0.15) is 4.33 Å². The number of halogens is 2. The van der Waals surface area contributed by atoms with E-state index in [9.17, 15) is 0 Å². The van der Waals surface area contributed by atoms with Crippen LogP contribution in [0.15, 0.2) is 65.1 Å². The van der Waals surface area contributed by atoms with Crippen molar-refractivity contribution in [1.29, 1.82) is 0 Å². The van der Waals surface area contributed by atoms with E-state index in [0.717, 1.165) is 32.9 Å². The summed E-state index contributed by atoms with van der Waals surface area (Å²) in [5, 5.41) is 8.85. The van der Waals surface area contributed by atoms with E-state index in [4.69, 9.17) is 37.6 Å². The van der Waals surface area contributed by atoms with Gasteiger partial charge in [0.05, 0.1) is 31.9 Å². The van der Waals surface area contributed by atoms with Gasteiger partial charge >= 0.3 is 0 Å². The SMILES string of the molecule is CCCC1CCCO1.Clc1cc(-c2nc3ccccc3s2)c(Cl)cc1-c1nc2ccccc2o1.OOS. The summed E-state index contributed by atoms with van der Waals surface area (Å²) in [6.07, 6.45) is 5.73. The molecule has 0 saturated carbocycles. The highest BCUT2D eigenvalue weighted by molar-refractivity contribution is 7.74. The van der Waals surface area contributed by atoms with Crippen LogP contribution in [0.3, 0.4) is 0 Å². The number of nitrogens with zero attached hydrogens (tertiary/aromatic N) is 2. The van der Waals surface area contributed by atoms with Crippen molar-refractivity contribution in [2.24, 2.45) is 0 Å². The van der Waals surface area contributed by atoms with Gasteiger partial charge in [0.15, 0.2) is 5.58 Å². The number of aromatic nitrogens is 2. The Morgan fingerprint density at radius 3 is 2.38 bits per heavy atom. The maximum atomic E-state index is 6.93. The van der Waals surface area contributed by atoms with E-state index in [2.05, 4.69) is 34.1 Å². The molecule has 3 heterocycles. The highest BCUT2D eigenvalue weighted by atomic mass is 35.5. The number of thiazole rings is 1. The van der Waals surface area contributed by atoms with Gasteiger partial charge in [-0.1, -0.05) is 60.8 Å². The predicted molar refractivity (Wildman–Crippen MR) is 155 cm³/mol. The minimum absolute atomic E-state index is 0.453. The smallest absolute Gasteiger partial charge is 0.228 e. The summed E-state index contributed by atoms with van der Waals surface area (Å²) in [4.78, 5) is 9.16. The lowest BCUT2D eigenvalue weighted by Crippen LogP contribution is -2.02. The summed E-state index contributed by atoms with van der Waals surface area (Å²) >= 11 is 17.5. The molecule has 1 aliphatic heterocycles. The maximum Gasteiger partial charge on any atom is 0.228 e. The van der Waals surface area contributed by atoms with Crippen LogP contribution in [-0.4, -0.2) is 27.9 Å². The first-order chi connectivity index (χ1) is 18.0. The molecule has 5 aromatic rings. The average Bonchev–Trinajstić information content (AvgIpc) is 3.65. The standard InChI is InChI=1S/C20H10Cl2N2OS.C7H14O.H2O2S/c21-13-10-12(20-24-16-6-2-4-8-18(16)26-20)14(22)9-11(13)19-23-15-5-1-3-7-17(15)25-19;1-2-4-7-5-3-6-8-7;1-2-3/h1-10H;7H,2-6H2,1H3;1,3H. The summed E-state index contributed by atoms with van der Waals surface area (Å²) in [6.45, 7) is 3.21. The number of oxazole rings is 1. The van der Waals surface area contributed by atoms with Gasteiger partial charge in [-0.25, -0.2) is 15.2 Å². The molecule has 1 unspecified atom stereocenters. The molecular formula is C27H26Cl2N2O4S2. The monoisotopic (exact) mass is 576 g/mol. The Hall–Kier alpha value is -2.17. The molecule has 0 aliphatic carbocycles. The quantitative estimate of drug-likeness (QED) is 0.0959. The van der Waals surface area contributed by atoms with Crippen LogP contribution in [0.4, 0.5) is 0 Å². The second-order valence-electron chi connectivity index (χ2n) is 8.29. The van der Waals surface area contributed by atoms with Crippen molar-refractivity contribution < 1.29 is 18.7 Å². The van der Waals surface area contributed by atoms with Crippen molar-refractivity contribution in [3.05, 3.63) is 70.7 Å². The predicted octanol–water partition coefficient (Wildman–Crippen LogP) is 9.36. The molecule has 0 bridgehead atoms. The Morgan fingerprint density at radius 1 is 1.03 bits per heavy atom. The van der Waals surface area contributed by atoms with Crippen LogP contribution in [0.2, 0.25) is 10.0 Å². The molecular weight excluding hydrogens is 551 g/mol. The van der Waals surface area contributed by atoms with Crippen molar-refractivity contribution in [2.75, 3.05) is 6.61 Å². The van der Waals surface area contributed by atoms with Crippen molar-refractivity contribution in [1.82, 2.24) is 9.97 Å². The number of hydrogen-bond acceptors (Lipinski definition) is 8. The Morgan fingerprint density at radius 2 is 1.70 bits per heavy atom. The van der Waals surface area contributed by atoms with E-state index in [1.807, 2.05) is 54.6 Å². The first-order valence-electron chi connectivity index (χ1n) is 11.8. The van der Waals surface area contributed by atoms with Crippen LogP contribution in [0.5, 0.6) is 0 Å². The van der Waals surface area contributed by atoms with Crippen LogP contribution < -0.4 is 0 Å². The fourth-order valence-corrected chi connectivity index (χ4v) is 5.59. The maximum absolute atomic E-state index is 6.93. The van der Waals surface area contributed by atoms with Crippen LogP contribution in [0.25, 0.3) is 43.3 Å². The molecule has 3 aromatic carbocycles. The van der Waals surface area contributed by atoms with Crippen LogP contribution >= 0.6 is 47.4 Å². The number of benzene rings is 3. The third-order valence-electron chi connectivity index (χ3n) is 5.74. The molecule has 1 fully saturated rings. The molecule has 37 heavy (non-hydrogen) atoms. The number of hydrogen-bond donors (Lipinski definition) is 2. The van der Waals surface area contributed by atoms with E-state index in [-0.39, 0.29) is 0 Å². The van der Waals surface area contributed by atoms with Gasteiger partial charge < -0.3 is 9.15 Å². The van der Waals surface area contributed by atoms with Gasteiger partial charge in [-0.15, -0.1) is 11.3 Å². The van der Waals surface area contributed by atoms with Gasteiger partial charge in [-0.05, 0) is 55.7 Å². The van der Waals surface area contributed by atoms with E-state index in [1.54, 1.807) is 17.4 Å². The first kappa shape index (κ1) is 27.9. The average molecular weight is 578 g/mol. The minimum atomic E-state index is 0.453. The molecule has 1 atom stereocenters. The van der Waals surface area contributed by atoms with Gasteiger partial charge in [-0.3, -0.25) is 0 Å². The van der Waals surface area contributed by atoms with E-state index in [1.165, 1.54) is 25.7 Å². The number of thiol groups is 1. The molecule has 0 spiro atoms. The Labute approximate surface area is 234 Å². The van der Waals surface area contributed by atoms with Gasteiger partial charge in [0.25, 0.3) is 0 Å². The summed E-state index contributed by atoms with van der Waals surface area (Å²) in [6, 6.07) is 19.2. The Kier molecular flexibility index (Phi) is 10.2. The molecule has 194 valence electrons. The zero-order chi connectivity index (χ0) is 26.2. The van der Waals surface area contributed by atoms with Crippen LogP contribution in [-0.2, 0) is 9.07 Å². The second-order valence-corrected chi connectivity index (χ2v) is 10.3. The van der Waals surface area contributed by atoms with Crippen molar-refractivity contribution >= 4 is 68.8 Å². The summed E-state index contributed by atoms with van der Waals surface area (Å²) in [5.41, 5.74) is 3.91. The lowest BCUT2D eigenvalue weighted by atomic mass is 10.1. The van der Waals surface area contributed by atoms with E-state index in [0.29, 0.717) is 33.2 Å². The van der Waals surface area contributed by atoms with Crippen molar-refractivity contribution in [3.63, 3.8) is 0 Å². The Bertz CT molecular complexity index is 1290. The summed E-state index contributed by atoms with van der Waals surface area (Å²) < 4.78 is 15.3. The van der Waals surface area contributed by atoms with E-state index >= 15 is 0 Å². The minimum Gasteiger partial charge on any atom is -0.436 e. The van der Waals surface area contributed by atoms with Crippen molar-refractivity contribution in [2.45, 2.75) is 38.7 Å². The molecule has 10 heteroatoms. The van der Waals surface area contributed by atoms with Gasteiger partial charge in [0.1, 0.15) is 10.5 Å². The summed E-state index contributed by atoms with van der Waals surface area (Å²) in [7, 11) is 0. The van der Waals surface area contributed by atoms with Crippen LogP contribution in [0, 0.1) is 0 Å². The highest BCUT2D eigenvalue weighted by Gasteiger charge is 2.17. The molecule has 6 rings (SSSR count). The number of fused-ring (bicyclic) bond motifs is 2. The molecule has 0 radical (unpaired) electrons. The highest BCUT2D eigenvalue weighted by Crippen LogP contribution is 2.40. The number of para-hydroxylation sites is 3. The van der Waals surface area contributed by atoms with Crippen molar-refractivity contribution in [3.8, 4) is 22.0 Å². The third-order valence-corrected chi connectivity index (χ3v) is 7.44. The second kappa shape index (κ2) is 13.6. The zero-order valence-corrected chi connectivity index (χ0v) is 23.3. The number of rotatable bonds is 4. The van der Waals surface area contributed by atoms with Gasteiger partial charge in [0, 0.05) is 25.1 Å². The number of ether oxygens (including phenoxy) is 1. The van der Waals surface area contributed by atoms with Crippen LogP contribution in [0.1, 0.15) is 32.6 Å². The molecule has 6 nitrogen and oxygen atoms in total. The molecule has 1 N–H and O–H groups in total. The Balaban J connectivity index is 0.000000245. The topological polar surface area (TPSA) is 77.6 Å². The lowest BCUT2D eigenvalue weighted by Gasteiger charge is -2.05. The zero-order valence-electron chi connectivity index (χ0n) is 20.1. The lowest BCUT2D eigenvalue weighted by molar-refractivity contribution is -0.113. The fourth-order valence-electron chi connectivity index (χ4n) is 4.04. The molecule has 0 amide bonds. The summed E-state index contributed by atoms with van der Waals surface area (Å²) in [5.74, 6) is 0.453. The fraction of sp³-hybridized carbons (Fsp3) is 0.259. The molecule has 1 aliphatic rings. The van der Waals surface area contributed by atoms with Gasteiger partial charge in [0.2, 0.25) is 5.89 Å². The normalized spacial score (nSPS) is 14.8. The molecule has 2 aromatic heterocycles.